The molecule has 0 aliphatic rings. The van der Waals surface area contributed by atoms with Crippen molar-refractivity contribution in [3.05, 3.63) is 65.4 Å². The summed E-state index contributed by atoms with van der Waals surface area (Å²) in [5, 5.41) is 2.78. The van der Waals surface area contributed by atoms with Crippen LogP contribution in [0.2, 0.25) is 0 Å². The summed E-state index contributed by atoms with van der Waals surface area (Å²) >= 11 is 1.96. The first-order valence-corrected chi connectivity index (χ1v) is 10.6. The number of thiophene rings is 1. The molecule has 2 aromatic heterocycles. The molecule has 0 aliphatic heterocycles. The molecule has 0 atom stereocenters. The van der Waals surface area contributed by atoms with Gasteiger partial charge in [0.1, 0.15) is 7.05 Å². The maximum absolute atomic E-state index is 2.38. The topological polar surface area (TPSA) is 3.88 Å². The monoisotopic (exact) mass is 374 g/mol. The van der Waals surface area contributed by atoms with Gasteiger partial charge >= 0.3 is 0 Å². The van der Waals surface area contributed by atoms with Crippen molar-refractivity contribution in [3.63, 3.8) is 0 Å². The number of hydrogen-bond donors (Lipinski definition) is 0. The SMILES string of the molecule is Cc1ccc2c(sc3c(C(C)C)cccc32)c1-c1cc(C(C)C)cc[n+]1C. The fourth-order valence-corrected chi connectivity index (χ4v) is 5.52. The molecule has 4 aromatic rings. The second kappa shape index (κ2) is 6.76. The van der Waals surface area contributed by atoms with Crippen LogP contribution in [0.4, 0.5) is 0 Å². The van der Waals surface area contributed by atoms with Gasteiger partial charge in [0.05, 0.1) is 5.56 Å². The zero-order valence-electron chi connectivity index (χ0n) is 17.1. The first-order chi connectivity index (χ1) is 12.9. The molecule has 2 heteroatoms. The zero-order valence-corrected chi connectivity index (χ0v) is 17.9. The van der Waals surface area contributed by atoms with Crippen LogP contribution in [0.5, 0.6) is 0 Å². The molecule has 4 rings (SSSR count). The second-order valence-corrected chi connectivity index (χ2v) is 9.25. The summed E-state index contributed by atoms with van der Waals surface area (Å²) in [5.41, 5.74) is 6.88. The lowest BCUT2D eigenvalue weighted by atomic mass is 9.96. The number of aromatic nitrogens is 1. The number of benzene rings is 2. The third-order valence-corrected chi connectivity index (χ3v) is 6.91. The quantitative estimate of drug-likeness (QED) is 0.337. The van der Waals surface area contributed by atoms with Crippen LogP contribution in [0.1, 0.15) is 56.2 Å². The van der Waals surface area contributed by atoms with Crippen LogP contribution in [-0.4, -0.2) is 0 Å². The summed E-state index contributed by atoms with van der Waals surface area (Å²) < 4.78 is 5.12. The Labute approximate surface area is 166 Å². The predicted octanol–water partition coefficient (Wildman–Crippen LogP) is 7.10. The van der Waals surface area contributed by atoms with Crippen molar-refractivity contribution < 1.29 is 4.57 Å². The molecule has 2 aromatic carbocycles. The van der Waals surface area contributed by atoms with Crippen LogP contribution >= 0.6 is 11.3 Å². The number of hydrogen-bond acceptors (Lipinski definition) is 1. The largest absolute Gasteiger partial charge is 0.214 e. The van der Waals surface area contributed by atoms with E-state index in [9.17, 15) is 0 Å². The van der Waals surface area contributed by atoms with E-state index in [1.54, 1.807) is 0 Å². The molecule has 0 unspecified atom stereocenters. The molecule has 0 saturated carbocycles. The van der Waals surface area contributed by atoms with Crippen LogP contribution in [0.25, 0.3) is 31.4 Å². The first kappa shape index (κ1) is 18.2. The van der Waals surface area contributed by atoms with Crippen molar-refractivity contribution in [3.8, 4) is 11.3 Å². The van der Waals surface area contributed by atoms with E-state index in [1.807, 2.05) is 11.3 Å². The molecule has 0 saturated heterocycles. The predicted molar refractivity (Wildman–Crippen MR) is 119 cm³/mol. The summed E-state index contributed by atoms with van der Waals surface area (Å²) in [5.74, 6) is 1.06. The summed E-state index contributed by atoms with van der Waals surface area (Å²) in [6.07, 6.45) is 2.20. The van der Waals surface area contributed by atoms with Gasteiger partial charge in [-0.15, -0.1) is 11.3 Å². The summed E-state index contributed by atoms with van der Waals surface area (Å²) in [4.78, 5) is 0. The van der Waals surface area contributed by atoms with E-state index in [0.29, 0.717) is 11.8 Å². The lowest BCUT2D eigenvalue weighted by Gasteiger charge is -2.10. The molecule has 2 heterocycles. The first-order valence-electron chi connectivity index (χ1n) is 9.83. The van der Waals surface area contributed by atoms with E-state index in [4.69, 9.17) is 0 Å². The average molecular weight is 375 g/mol. The van der Waals surface area contributed by atoms with Crippen molar-refractivity contribution in [2.75, 3.05) is 0 Å². The lowest BCUT2D eigenvalue weighted by Crippen LogP contribution is -2.30. The normalized spacial score (nSPS) is 12.0. The Morgan fingerprint density at radius 1 is 0.852 bits per heavy atom. The highest BCUT2D eigenvalue weighted by molar-refractivity contribution is 7.26. The Kier molecular flexibility index (Phi) is 4.55. The van der Waals surface area contributed by atoms with Gasteiger partial charge in [0.15, 0.2) is 6.20 Å². The van der Waals surface area contributed by atoms with Crippen LogP contribution < -0.4 is 4.57 Å². The number of nitrogens with zero attached hydrogens (tertiary/aromatic N) is 1. The highest BCUT2D eigenvalue weighted by Crippen LogP contribution is 2.43. The van der Waals surface area contributed by atoms with E-state index < -0.39 is 0 Å². The van der Waals surface area contributed by atoms with Gasteiger partial charge in [-0.2, -0.15) is 0 Å². The van der Waals surface area contributed by atoms with Gasteiger partial charge in [0.2, 0.25) is 5.69 Å². The highest BCUT2D eigenvalue weighted by Gasteiger charge is 2.21. The Morgan fingerprint density at radius 2 is 1.59 bits per heavy atom. The molecule has 0 N–H and O–H groups in total. The maximum Gasteiger partial charge on any atom is 0.214 e. The van der Waals surface area contributed by atoms with Gasteiger partial charge in [-0.05, 0) is 35.4 Å². The van der Waals surface area contributed by atoms with Gasteiger partial charge in [-0.25, -0.2) is 4.57 Å². The van der Waals surface area contributed by atoms with Crippen LogP contribution in [0, 0.1) is 6.92 Å². The van der Waals surface area contributed by atoms with E-state index in [1.165, 1.54) is 48.1 Å². The van der Waals surface area contributed by atoms with Crippen LogP contribution in [-0.2, 0) is 7.05 Å². The standard InChI is InChI=1S/C25H28NS/c1-15(2)18-12-13-26(6)22(14-18)23-17(5)10-11-21-20-9-7-8-19(16(3)4)24(20)27-25(21)23/h7-16H,1-6H3/q+1. The Balaban J connectivity index is 2.10. The molecular weight excluding hydrogens is 346 g/mol. The Hall–Kier alpha value is -2.19. The minimum atomic E-state index is 0.527. The van der Waals surface area contributed by atoms with Crippen molar-refractivity contribution in [2.45, 2.75) is 46.5 Å². The molecule has 27 heavy (non-hydrogen) atoms. The van der Waals surface area contributed by atoms with Gasteiger partial charge in [0.25, 0.3) is 0 Å². The van der Waals surface area contributed by atoms with E-state index in [2.05, 4.69) is 94.9 Å². The minimum absolute atomic E-state index is 0.527. The third kappa shape index (κ3) is 2.96. The van der Waals surface area contributed by atoms with E-state index in [0.717, 1.165) is 0 Å². The van der Waals surface area contributed by atoms with Crippen molar-refractivity contribution in [2.24, 2.45) is 7.05 Å². The summed E-state index contributed by atoms with van der Waals surface area (Å²) in [6.45, 7) is 11.3. The zero-order chi connectivity index (χ0) is 19.3. The van der Waals surface area contributed by atoms with Gasteiger partial charge in [-0.3, -0.25) is 0 Å². The fraction of sp³-hybridized carbons (Fsp3) is 0.320. The summed E-state index contributed by atoms with van der Waals surface area (Å²) in [7, 11) is 2.16. The van der Waals surface area contributed by atoms with Crippen molar-refractivity contribution >= 4 is 31.5 Å². The molecule has 1 nitrogen and oxygen atoms in total. The number of aryl methyl sites for hydroxylation is 2. The second-order valence-electron chi connectivity index (χ2n) is 8.23. The van der Waals surface area contributed by atoms with Crippen molar-refractivity contribution in [1.29, 1.82) is 0 Å². The molecule has 0 aliphatic carbocycles. The minimum Gasteiger partial charge on any atom is -0.201 e. The Bertz CT molecular complexity index is 1150. The van der Waals surface area contributed by atoms with Gasteiger partial charge in [0, 0.05) is 32.3 Å². The van der Waals surface area contributed by atoms with E-state index in [-0.39, 0.29) is 0 Å². The van der Waals surface area contributed by atoms with Crippen LogP contribution in [0.15, 0.2) is 48.7 Å². The fourth-order valence-electron chi connectivity index (χ4n) is 3.95. The number of fused-ring (bicyclic) bond motifs is 3. The number of rotatable bonds is 3. The lowest BCUT2D eigenvalue weighted by molar-refractivity contribution is -0.660. The summed E-state index contributed by atoms with van der Waals surface area (Å²) in [6, 6.07) is 16.0. The molecule has 0 spiro atoms. The molecule has 0 fully saturated rings. The van der Waals surface area contributed by atoms with Crippen LogP contribution in [0.3, 0.4) is 0 Å². The highest BCUT2D eigenvalue weighted by atomic mass is 32.1. The average Bonchev–Trinajstić information content (AvgIpc) is 3.00. The van der Waals surface area contributed by atoms with Gasteiger partial charge < -0.3 is 0 Å². The van der Waals surface area contributed by atoms with E-state index >= 15 is 0 Å². The molecule has 0 bridgehead atoms. The molecule has 138 valence electrons. The van der Waals surface area contributed by atoms with Gasteiger partial charge in [-0.1, -0.05) is 58.0 Å². The van der Waals surface area contributed by atoms with Crippen molar-refractivity contribution in [1.82, 2.24) is 0 Å². The smallest absolute Gasteiger partial charge is 0.201 e. The molecule has 0 amide bonds. The Morgan fingerprint density at radius 3 is 2.30 bits per heavy atom. The molecular formula is C25H28NS+. The number of pyridine rings is 1. The maximum atomic E-state index is 2.38. The molecule has 0 radical (unpaired) electrons. The third-order valence-electron chi connectivity index (χ3n) is 5.62.